The van der Waals surface area contributed by atoms with Gasteiger partial charge in [-0.1, -0.05) is 6.07 Å². The third-order valence-corrected chi connectivity index (χ3v) is 7.23. The highest BCUT2D eigenvalue weighted by atomic mass is 32.2. The van der Waals surface area contributed by atoms with Crippen molar-refractivity contribution >= 4 is 21.4 Å². The first-order chi connectivity index (χ1) is 12.4. The first kappa shape index (κ1) is 19.5. The normalized spacial score (nSPS) is 17.3. The summed E-state index contributed by atoms with van der Waals surface area (Å²) in [7, 11) is -3.56. The minimum atomic E-state index is -3.56. The Morgan fingerprint density at radius 2 is 1.85 bits per heavy atom. The Morgan fingerprint density at radius 1 is 1.15 bits per heavy atom. The number of ether oxygens (including phenoxy) is 1. The number of nitrogens with one attached hydrogen (secondary N) is 1. The van der Waals surface area contributed by atoms with E-state index in [0.717, 1.165) is 35.3 Å². The van der Waals surface area contributed by atoms with Crippen LogP contribution < -0.4 is 4.72 Å². The Balaban J connectivity index is 1.81. The van der Waals surface area contributed by atoms with Gasteiger partial charge in [0.1, 0.15) is 0 Å². The second-order valence-corrected chi connectivity index (χ2v) is 9.29. The lowest BCUT2D eigenvalue weighted by Gasteiger charge is -2.34. The van der Waals surface area contributed by atoms with Gasteiger partial charge in [0.2, 0.25) is 10.0 Å². The summed E-state index contributed by atoms with van der Waals surface area (Å²) in [6.45, 7) is 9.13. The van der Waals surface area contributed by atoms with Gasteiger partial charge < -0.3 is 4.74 Å². The predicted molar refractivity (Wildman–Crippen MR) is 105 cm³/mol. The molecule has 3 rings (SSSR count). The second-order valence-electron chi connectivity index (χ2n) is 6.77. The van der Waals surface area contributed by atoms with Crippen LogP contribution in [0.1, 0.15) is 28.3 Å². The van der Waals surface area contributed by atoms with Gasteiger partial charge in [0.05, 0.1) is 18.1 Å². The van der Waals surface area contributed by atoms with Gasteiger partial charge in [-0.05, 0) is 65.9 Å². The van der Waals surface area contributed by atoms with Gasteiger partial charge in [-0.15, -0.1) is 0 Å². The summed E-state index contributed by atoms with van der Waals surface area (Å²) in [5.74, 6) is 0. The lowest BCUT2D eigenvalue weighted by molar-refractivity contribution is 0.0173. The average molecular weight is 395 g/mol. The highest BCUT2D eigenvalue weighted by molar-refractivity contribution is 7.89. The van der Waals surface area contributed by atoms with E-state index in [0.29, 0.717) is 24.7 Å². The third kappa shape index (κ3) is 4.35. The molecule has 142 valence electrons. The summed E-state index contributed by atoms with van der Waals surface area (Å²) >= 11 is 1.63. The molecule has 1 fully saturated rings. The van der Waals surface area contributed by atoms with Crippen molar-refractivity contribution in [1.82, 2.24) is 9.62 Å². The molecule has 1 atom stereocenters. The first-order valence-electron chi connectivity index (χ1n) is 8.80. The fraction of sp³-hybridized carbons (Fsp3) is 0.474. The van der Waals surface area contributed by atoms with Crippen LogP contribution in [0.2, 0.25) is 0 Å². The zero-order valence-corrected chi connectivity index (χ0v) is 17.1. The predicted octanol–water partition coefficient (Wildman–Crippen LogP) is 3.03. The summed E-state index contributed by atoms with van der Waals surface area (Å²) in [5.41, 5.74) is 4.01. The van der Waals surface area contributed by atoms with Crippen LogP contribution >= 0.6 is 11.3 Å². The molecule has 0 radical (unpaired) electrons. The number of thiophene rings is 1. The van der Waals surface area contributed by atoms with E-state index in [1.165, 1.54) is 0 Å². The zero-order valence-electron chi connectivity index (χ0n) is 15.5. The van der Waals surface area contributed by atoms with Crippen molar-refractivity contribution in [3.63, 3.8) is 0 Å². The smallest absolute Gasteiger partial charge is 0.240 e. The van der Waals surface area contributed by atoms with Crippen molar-refractivity contribution in [2.75, 3.05) is 32.8 Å². The molecule has 5 nitrogen and oxygen atoms in total. The molecule has 0 spiro atoms. The van der Waals surface area contributed by atoms with E-state index < -0.39 is 10.0 Å². The van der Waals surface area contributed by atoms with Gasteiger partial charge >= 0.3 is 0 Å². The van der Waals surface area contributed by atoms with Gasteiger partial charge in [0, 0.05) is 25.7 Å². The molecule has 1 aromatic carbocycles. The van der Waals surface area contributed by atoms with Crippen molar-refractivity contribution in [1.29, 1.82) is 0 Å². The van der Waals surface area contributed by atoms with Crippen LogP contribution in [0.5, 0.6) is 0 Å². The monoisotopic (exact) mass is 394 g/mol. The molecular weight excluding hydrogens is 368 g/mol. The van der Waals surface area contributed by atoms with Crippen LogP contribution in [0.4, 0.5) is 0 Å². The van der Waals surface area contributed by atoms with E-state index in [1.54, 1.807) is 17.4 Å². The van der Waals surface area contributed by atoms with E-state index in [9.17, 15) is 8.42 Å². The number of morpholine rings is 1. The van der Waals surface area contributed by atoms with E-state index >= 15 is 0 Å². The molecule has 1 unspecified atom stereocenters. The second kappa shape index (κ2) is 8.19. The molecule has 1 saturated heterocycles. The number of hydrogen-bond donors (Lipinski definition) is 1. The number of rotatable bonds is 6. The molecule has 1 aliphatic rings. The molecule has 7 heteroatoms. The van der Waals surface area contributed by atoms with E-state index in [-0.39, 0.29) is 6.04 Å². The summed E-state index contributed by atoms with van der Waals surface area (Å²) in [6.07, 6.45) is 0. The maximum Gasteiger partial charge on any atom is 0.240 e. The number of hydrogen-bond acceptors (Lipinski definition) is 5. The molecule has 2 aromatic rings. The van der Waals surface area contributed by atoms with Crippen molar-refractivity contribution in [3.05, 3.63) is 51.2 Å². The van der Waals surface area contributed by atoms with Crippen molar-refractivity contribution in [2.45, 2.75) is 31.7 Å². The Bertz CT molecular complexity index is 842. The van der Waals surface area contributed by atoms with Gasteiger partial charge in [0.25, 0.3) is 0 Å². The quantitative estimate of drug-likeness (QED) is 0.818. The van der Waals surface area contributed by atoms with Crippen molar-refractivity contribution in [3.8, 4) is 0 Å². The average Bonchev–Trinajstić information content (AvgIpc) is 3.13. The fourth-order valence-electron chi connectivity index (χ4n) is 3.30. The lowest BCUT2D eigenvalue weighted by Crippen LogP contribution is -2.43. The van der Waals surface area contributed by atoms with Crippen LogP contribution in [-0.2, 0) is 14.8 Å². The van der Waals surface area contributed by atoms with Crippen molar-refractivity contribution in [2.24, 2.45) is 0 Å². The molecule has 1 aromatic heterocycles. The number of nitrogens with zero attached hydrogens (tertiary/aromatic N) is 1. The van der Waals surface area contributed by atoms with E-state index in [4.69, 9.17) is 4.74 Å². The largest absolute Gasteiger partial charge is 0.379 e. The van der Waals surface area contributed by atoms with E-state index in [2.05, 4.69) is 21.1 Å². The Kier molecular flexibility index (Phi) is 6.14. The Labute approximate surface area is 160 Å². The van der Waals surface area contributed by atoms with Crippen LogP contribution in [0.3, 0.4) is 0 Å². The molecule has 0 saturated carbocycles. The Morgan fingerprint density at radius 3 is 2.50 bits per heavy atom. The summed E-state index contributed by atoms with van der Waals surface area (Å²) in [5, 5.41) is 4.13. The molecule has 0 amide bonds. The van der Waals surface area contributed by atoms with Gasteiger partial charge in [-0.3, -0.25) is 4.90 Å². The number of sulfonamides is 1. The van der Waals surface area contributed by atoms with Crippen LogP contribution in [0.25, 0.3) is 0 Å². The number of aryl methyl sites for hydroxylation is 3. The maximum atomic E-state index is 12.9. The molecule has 0 aliphatic carbocycles. The minimum absolute atomic E-state index is 0.0202. The van der Waals surface area contributed by atoms with Crippen LogP contribution in [0.15, 0.2) is 33.9 Å². The summed E-state index contributed by atoms with van der Waals surface area (Å²) in [4.78, 5) is 2.66. The third-order valence-electron chi connectivity index (χ3n) is 4.96. The SMILES string of the molecule is Cc1cc(C)c(S(=O)(=O)NCC(c2ccsc2)N2CCOCC2)cc1C. The molecule has 1 aliphatic heterocycles. The standard InChI is InChI=1S/C19H26N2O3S2/c1-14-10-16(3)19(11-15(14)2)26(22,23)20-12-18(17-4-9-25-13-17)21-5-7-24-8-6-21/h4,9-11,13,18,20H,5-8,12H2,1-3H3. The Hall–Kier alpha value is -1.25. The highest BCUT2D eigenvalue weighted by Crippen LogP contribution is 2.25. The molecule has 2 heterocycles. The minimum Gasteiger partial charge on any atom is -0.379 e. The molecular formula is C19H26N2O3S2. The highest BCUT2D eigenvalue weighted by Gasteiger charge is 2.26. The maximum absolute atomic E-state index is 12.9. The zero-order chi connectivity index (χ0) is 18.7. The molecule has 26 heavy (non-hydrogen) atoms. The van der Waals surface area contributed by atoms with Gasteiger partial charge in [0.15, 0.2) is 0 Å². The topological polar surface area (TPSA) is 58.6 Å². The van der Waals surface area contributed by atoms with Gasteiger partial charge in [-0.25, -0.2) is 13.1 Å². The molecule has 1 N–H and O–H groups in total. The fourth-order valence-corrected chi connectivity index (χ4v) is 5.36. The molecule has 0 bridgehead atoms. The number of benzene rings is 1. The summed E-state index contributed by atoms with van der Waals surface area (Å²) in [6, 6.07) is 5.79. The van der Waals surface area contributed by atoms with Crippen molar-refractivity contribution < 1.29 is 13.2 Å². The van der Waals surface area contributed by atoms with E-state index in [1.807, 2.05) is 32.2 Å². The lowest BCUT2D eigenvalue weighted by atomic mass is 10.1. The van der Waals surface area contributed by atoms with Crippen LogP contribution in [0, 0.1) is 20.8 Å². The van der Waals surface area contributed by atoms with Crippen LogP contribution in [-0.4, -0.2) is 46.2 Å². The van der Waals surface area contributed by atoms with Gasteiger partial charge in [-0.2, -0.15) is 11.3 Å². The first-order valence-corrected chi connectivity index (χ1v) is 11.2. The summed E-state index contributed by atoms with van der Waals surface area (Å²) < 4.78 is 34.1.